The molecular formula is C8H6ClN3O2S. The lowest BCUT2D eigenvalue weighted by molar-refractivity contribution is 0.0691. The Balaban J connectivity index is 2.85. The lowest BCUT2D eigenvalue weighted by Gasteiger charge is -2.05. The van der Waals surface area contributed by atoms with Crippen molar-refractivity contribution in [2.75, 3.05) is 6.26 Å². The molecule has 0 spiro atoms. The first kappa shape index (κ1) is 10.3. The highest BCUT2D eigenvalue weighted by molar-refractivity contribution is 7.98. The van der Waals surface area contributed by atoms with Crippen LogP contribution in [-0.4, -0.2) is 31.9 Å². The van der Waals surface area contributed by atoms with Crippen molar-refractivity contribution < 1.29 is 9.90 Å². The van der Waals surface area contributed by atoms with Crippen LogP contribution in [0.2, 0.25) is 5.15 Å². The number of nitrogens with zero attached hydrogens (tertiary/aromatic N) is 3. The molecule has 7 heteroatoms. The quantitative estimate of drug-likeness (QED) is 0.644. The van der Waals surface area contributed by atoms with Crippen LogP contribution in [0, 0.1) is 0 Å². The van der Waals surface area contributed by atoms with Gasteiger partial charge in [0, 0.05) is 6.07 Å². The van der Waals surface area contributed by atoms with Crippen LogP contribution in [0.15, 0.2) is 17.3 Å². The van der Waals surface area contributed by atoms with Gasteiger partial charge in [-0.3, -0.25) is 0 Å². The first-order chi connectivity index (χ1) is 7.15. The number of aromatic nitrogens is 3. The van der Waals surface area contributed by atoms with Crippen LogP contribution in [0.4, 0.5) is 0 Å². The van der Waals surface area contributed by atoms with Crippen LogP contribution in [0.25, 0.3) is 5.65 Å². The fourth-order valence-electron chi connectivity index (χ4n) is 1.21. The minimum absolute atomic E-state index is 0.0135. The molecule has 5 nitrogen and oxygen atoms in total. The smallest absolute Gasteiger partial charge is 0.341 e. The fraction of sp³-hybridized carbons (Fsp3) is 0.125. The zero-order valence-corrected chi connectivity index (χ0v) is 9.21. The van der Waals surface area contributed by atoms with Gasteiger partial charge in [0.1, 0.15) is 15.7 Å². The third kappa shape index (κ3) is 1.55. The second-order valence-electron chi connectivity index (χ2n) is 2.69. The molecule has 2 rings (SSSR count). The average Bonchev–Trinajstić information content (AvgIpc) is 2.64. The van der Waals surface area contributed by atoms with Crippen LogP contribution < -0.4 is 0 Å². The zero-order valence-electron chi connectivity index (χ0n) is 7.64. The van der Waals surface area contributed by atoms with Crippen molar-refractivity contribution in [1.82, 2.24) is 14.6 Å². The maximum atomic E-state index is 11.0. The van der Waals surface area contributed by atoms with Crippen molar-refractivity contribution >= 4 is 35.0 Å². The lowest BCUT2D eigenvalue weighted by atomic mass is 10.3. The molecule has 0 bridgehead atoms. The maximum absolute atomic E-state index is 11.0. The largest absolute Gasteiger partial charge is 0.477 e. The number of fused-ring (bicyclic) bond motifs is 1. The predicted molar refractivity (Wildman–Crippen MR) is 56.7 cm³/mol. The van der Waals surface area contributed by atoms with E-state index in [2.05, 4.69) is 10.1 Å². The fourth-order valence-corrected chi connectivity index (χ4v) is 2.14. The van der Waals surface area contributed by atoms with Gasteiger partial charge in [-0.15, -0.1) is 11.8 Å². The highest BCUT2D eigenvalue weighted by atomic mass is 35.5. The minimum Gasteiger partial charge on any atom is -0.477 e. The van der Waals surface area contributed by atoms with Gasteiger partial charge >= 0.3 is 5.97 Å². The minimum atomic E-state index is -1.10. The standard InChI is InChI=1S/C8H6ClN3O2S/c1-15-7-5(8(13)14)6(9)12-4(11-7)2-3-10-12/h2-3H,1H3,(H,13,14). The van der Waals surface area contributed by atoms with Crippen LogP contribution in [0.3, 0.4) is 0 Å². The van der Waals surface area contributed by atoms with Crippen molar-refractivity contribution in [1.29, 1.82) is 0 Å². The summed E-state index contributed by atoms with van der Waals surface area (Å²) in [4.78, 5) is 15.1. The van der Waals surface area contributed by atoms with Crippen molar-refractivity contribution in [3.8, 4) is 0 Å². The third-order valence-corrected chi connectivity index (χ3v) is 2.88. The summed E-state index contributed by atoms with van der Waals surface area (Å²) in [7, 11) is 0. The van der Waals surface area contributed by atoms with E-state index in [-0.39, 0.29) is 10.7 Å². The lowest BCUT2D eigenvalue weighted by Crippen LogP contribution is -2.07. The molecule has 0 unspecified atom stereocenters. The first-order valence-corrected chi connectivity index (χ1v) is 5.56. The number of thioether (sulfide) groups is 1. The molecule has 0 saturated heterocycles. The Morgan fingerprint density at radius 3 is 3.00 bits per heavy atom. The van der Waals surface area contributed by atoms with Gasteiger partial charge in [0.15, 0.2) is 5.65 Å². The summed E-state index contributed by atoms with van der Waals surface area (Å²) in [6, 6.07) is 1.66. The highest BCUT2D eigenvalue weighted by Crippen LogP contribution is 2.26. The van der Waals surface area contributed by atoms with E-state index in [0.717, 1.165) is 0 Å². The molecule has 0 saturated carbocycles. The molecule has 0 aromatic carbocycles. The molecule has 0 atom stereocenters. The van der Waals surface area contributed by atoms with Gasteiger partial charge in [0.05, 0.1) is 6.20 Å². The number of hydrogen-bond acceptors (Lipinski definition) is 4. The van der Waals surface area contributed by atoms with Gasteiger partial charge in [-0.2, -0.15) is 5.10 Å². The SMILES string of the molecule is CSc1nc2ccnn2c(Cl)c1C(=O)O. The van der Waals surface area contributed by atoms with E-state index < -0.39 is 5.97 Å². The number of halogens is 1. The van der Waals surface area contributed by atoms with E-state index >= 15 is 0 Å². The summed E-state index contributed by atoms with van der Waals surface area (Å²) in [5.41, 5.74) is 0.523. The van der Waals surface area contributed by atoms with Gasteiger partial charge < -0.3 is 5.11 Å². The zero-order chi connectivity index (χ0) is 11.0. The number of hydrogen-bond donors (Lipinski definition) is 1. The van der Waals surface area contributed by atoms with Crippen LogP contribution in [0.5, 0.6) is 0 Å². The Hall–Kier alpha value is -1.27. The van der Waals surface area contributed by atoms with E-state index in [1.54, 1.807) is 12.3 Å². The molecule has 2 heterocycles. The molecular weight excluding hydrogens is 238 g/mol. The number of carboxylic acid groups (broad SMARTS) is 1. The Bertz CT molecular complexity index is 540. The van der Waals surface area contributed by atoms with Gasteiger partial charge in [0.2, 0.25) is 0 Å². The summed E-state index contributed by atoms with van der Waals surface area (Å²) in [5.74, 6) is -1.10. The van der Waals surface area contributed by atoms with Gasteiger partial charge in [-0.05, 0) is 6.26 Å². The molecule has 78 valence electrons. The second kappa shape index (κ2) is 3.71. The molecule has 0 radical (unpaired) electrons. The number of aromatic carboxylic acids is 1. The first-order valence-electron chi connectivity index (χ1n) is 3.95. The molecule has 0 amide bonds. The maximum Gasteiger partial charge on any atom is 0.341 e. The Morgan fingerprint density at radius 2 is 2.40 bits per heavy atom. The molecule has 2 aromatic heterocycles. The molecule has 0 aliphatic rings. The monoisotopic (exact) mass is 243 g/mol. The Morgan fingerprint density at radius 1 is 1.67 bits per heavy atom. The van der Waals surface area contributed by atoms with Crippen molar-refractivity contribution in [2.24, 2.45) is 0 Å². The normalized spacial score (nSPS) is 10.8. The molecule has 15 heavy (non-hydrogen) atoms. The summed E-state index contributed by atoms with van der Waals surface area (Å²) >= 11 is 7.17. The summed E-state index contributed by atoms with van der Waals surface area (Å²) < 4.78 is 1.30. The molecule has 0 fully saturated rings. The summed E-state index contributed by atoms with van der Waals surface area (Å²) in [5, 5.41) is 13.3. The third-order valence-electron chi connectivity index (χ3n) is 1.85. The molecule has 2 aromatic rings. The van der Waals surface area contributed by atoms with Crippen LogP contribution in [-0.2, 0) is 0 Å². The second-order valence-corrected chi connectivity index (χ2v) is 3.85. The van der Waals surface area contributed by atoms with Crippen molar-refractivity contribution in [3.63, 3.8) is 0 Å². The van der Waals surface area contributed by atoms with E-state index in [9.17, 15) is 4.79 Å². The predicted octanol–water partition coefficient (Wildman–Crippen LogP) is 1.80. The van der Waals surface area contributed by atoms with Crippen molar-refractivity contribution in [2.45, 2.75) is 5.03 Å². The molecule has 1 N–H and O–H groups in total. The number of carboxylic acids is 1. The van der Waals surface area contributed by atoms with Crippen LogP contribution in [0.1, 0.15) is 10.4 Å². The van der Waals surface area contributed by atoms with Crippen molar-refractivity contribution in [3.05, 3.63) is 23.0 Å². The van der Waals surface area contributed by atoms with E-state index in [0.29, 0.717) is 10.7 Å². The van der Waals surface area contributed by atoms with Gasteiger partial charge in [0.25, 0.3) is 0 Å². The van der Waals surface area contributed by atoms with Crippen LogP contribution >= 0.6 is 23.4 Å². The van der Waals surface area contributed by atoms with E-state index in [1.165, 1.54) is 22.5 Å². The van der Waals surface area contributed by atoms with Gasteiger partial charge in [-0.25, -0.2) is 14.3 Å². The average molecular weight is 244 g/mol. The van der Waals surface area contributed by atoms with E-state index in [4.69, 9.17) is 16.7 Å². The Kier molecular flexibility index (Phi) is 2.54. The molecule has 0 aliphatic carbocycles. The topological polar surface area (TPSA) is 67.5 Å². The van der Waals surface area contributed by atoms with Gasteiger partial charge in [-0.1, -0.05) is 11.6 Å². The Labute approximate surface area is 94.1 Å². The summed E-state index contributed by atoms with van der Waals surface area (Å²) in [6.07, 6.45) is 3.27. The highest BCUT2D eigenvalue weighted by Gasteiger charge is 2.19. The number of carbonyl (C=O) groups is 1. The summed E-state index contributed by atoms with van der Waals surface area (Å²) in [6.45, 7) is 0. The number of rotatable bonds is 2. The van der Waals surface area contributed by atoms with E-state index in [1.807, 2.05) is 0 Å². The molecule has 0 aliphatic heterocycles.